The maximum absolute atomic E-state index is 4.29. The molecule has 0 aliphatic heterocycles. The second kappa shape index (κ2) is 7.83. The lowest BCUT2D eigenvalue weighted by atomic mass is 9.86. The topological polar surface area (TPSA) is 42.7 Å². The molecule has 24 heavy (non-hydrogen) atoms. The highest BCUT2D eigenvalue weighted by molar-refractivity contribution is 8.77. The Morgan fingerprint density at radius 1 is 1.08 bits per heavy atom. The molecule has 1 N–H and O–H groups in total. The van der Waals surface area contributed by atoms with Crippen LogP contribution in [0.15, 0.2) is 35.7 Å². The van der Waals surface area contributed by atoms with E-state index in [-0.39, 0.29) is 4.75 Å². The van der Waals surface area contributed by atoms with Gasteiger partial charge in [-0.2, -0.15) is 0 Å². The molecule has 132 valence electrons. The Hall–Kier alpha value is -1.14. The molecular formula is C18H28N4S2. The van der Waals surface area contributed by atoms with Crippen LogP contribution in [0.4, 0.5) is 5.69 Å². The summed E-state index contributed by atoms with van der Waals surface area (Å²) in [5.41, 5.74) is 2.52. The zero-order valence-corrected chi connectivity index (χ0v) is 17.1. The predicted molar refractivity (Wildman–Crippen MR) is 107 cm³/mol. The smallest absolute Gasteiger partial charge is 0.206 e. The summed E-state index contributed by atoms with van der Waals surface area (Å²) in [7, 11) is 3.57. The van der Waals surface area contributed by atoms with E-state index in [4.69, 9.17) is 0 Å². The maximum Gasteiger partial charge on any atom is 0.206 e. The summed E-state index contributed by atoms with van der Waals surface area (Å²) in [6.45, 7) is 14.5. The molecule has 2 aromatic rings. The predicted octanol–water partition coefficient (Wildman–Crippen LogP) is 5.65. The van der Waals surface area contributed by atoms with E-state index in [9.17, 15) is 0 Å². The molecule has 0 amide bonds. The van der Waals surface area contributed by atoms with Crippen molar-refractivity contribution in [2.24, 2.45) is 5.41 Å². The number of hydrogen-bond donors (Lipinski definition) is 1. The van der Waals surface area contributed by atoms with Gasteiger partial charge in [-0.1, -0.05) is 31.6 Å². The molecule has 0 saturated carbocycles. The minimum Gasteiger partial charge on any atom is -0.385 e. The third-order valence-corrected chi connectivity index (χ3v) is 6.50. The molecule has 1 aromatic carbocycles. The van der Waals surface area contributed by atoms with Gasteiger partial charge in [-0.25, -0.2) is 0 Å². The van der Waals surface area contributed by atoms with Gasteiger partial charge < -0.3 is 5.32 Å². The average Bonchev–Trinajstić information content (AvgIpc) is 2.92. The standard InChI is InChI=1S/C18H28N4S2/c1-7-19-14-8-10-15(11-9-14)22-13-20-21-16(22)23-24-18(5,6)12-17(2,3)4/h8-11,13,19H,7,12H2,1-6H3. The van der Waals surface area contributed by atoms with Crippen LogP contribution >= 0.6 is 21.6 Å². The van der Waals surface area contributed by atoms with Crippen molar-refractivity contribution < 1.29 is 0 Å². The molecule has 6 heteroatoms. The first-order valence-corrected chi connectivity index (χ1v) is 10.5. The maximum atomic E-state index is 4.29. The summed E-state index contributed by atoms with van der Waals surface area (Å²) in [4.78, 5) is 0. The summed E-state index contributed by atoms with van der Waals surface area (Å²) in [6.07, 6.45) is 2.92. The van der Waals surface area contributed by atoms with Gasteiger partial charge in [0.2, 0.25) is 5.16 Å². The van der Waals surface area contributed by atoms with Crippen molar-refractivity contribution in [2.45, 2.75) is 57.9 Å². The van der Waals surface area contributed by atoms with E-state index in [1.165, 1.54) is 0 Å². The van der Waals surface area contributed by atoms with Gasteiger partial charge in [-0.05, 0) is 67.7 Å². The first-order valence-electron chi connectivity index (χ1n) is 8.30. The minimum atomic E-state index is 0.175. The van der Waals surface area contributed by atoms with E-state index in [1.807, 2.05) is 15.4 Å². The van der Waals surface area contributed by atoms with E-state index in [0.717, 1.165) is 29.5 Å². The summed E-state index contributed by atoms with van der Waals surface area (Å²) in [5, 5.41) is 12.6. The molecule has 1 heterocycles. The second-order valence-electron chi connectivity index (χ2n) is 7.72. The van der Waals surface area contributed by atoms with Crippen LogP contribution in [-0.4, -0.2) is 26.1 Å². The normalized spacial score (nSPS) is 12.4. The zero-order chi connectivity index (χ0) is 17.8. The number of nitrogens with one attached hydrogen (secondary N) is 1. The summed E-state index contributed by atoms with van der Waals surface area (Å²) >= 11 is 0. The fourth-order valence-electron chi connectivity index (χ4n) is 2.86. The van der Waals surface area contributed by atoms with Crippen molar-refractivity contribution in [3.8, 4) is 5.69 Å². The van der Waals surface area contributed by atoms with Crippen LogP contribution in [0.3, 0.4) is 0 Å². The Morgan fingerprint density at radius 3 is 2.33 bits per heavy atom. The zero-order valence-electron chi connectivity index (χ0n) is 15.5. The van der Waals surface area contributed by atoms with Gasteiger partial charge in [0.1, 0.15) is 6.33 Å². The molecule has 0 aliphatic rings. The Kier molecular flexibility index (Phi) is 6.26. The van der Waals surface area contributed by atoms with Crippen LogP contribution in [0, 0.1) is 5.41 Å². The van der Waals surface area contributed by atoms with Crippen molar-refractivity contribution in [3.05, 3.63) is 30.6 Å². The lowest BCUT2D eigenvalue weighted by Gasteiger charge is -2.31. The number of aromatic nitrogens is 3. The lowest BCUT2D eigenvalue weighted by Crippen LogP contribution is -2.22. The third-order valence-electron chi connectivity index (χ3n) is 3.34. The molecule has 0 bridgehead atoms. The molecule has 1 aromatic heterocycles. The van der Waals surface area contributed by atoms with E-state index in [1.54, 1.807) is 17.1 Å². The van der Waals surface area contributed by atoms with Crippen LogP contribution < -0.4 is 5.32 Å². The Bertz CT molecular complexity index is 642. The fourth-order valence-corrected chi connectivity index (χ4v) is 5.38. The van der Waals surface area contributed by atoms with Gasteiger partial charge >= 0.3 is 0 Å². The summed E-state index contributed by atoms with van der Waals surface area (Å²) in [5.74, 6) is 0. The van der Waals surface area contributed by atoms with Gasteiger partial charge in [0, 0.05) is 22.7 Å². The molecule has 0 unspecified atom stereocenters. The summed E-state index contributed by atoms with van der Waals surface area (Å²) < 4.78 is 2.22. The van der Waals surface area contributed by atoms with Crippen LogP contribution in [-0.2, 0) is 0 Å². The number of hydrogen-bond acceptors (Lipinski definition) is 5. The van der Waals surface area contributed by atoms with Crippen molar-refractivity contribution in [1.29, 1.82) is 0 Å². The molecule has 0 saturated heterocycles. The molecule has 0 radical (unpaired) electrons. The van der Waals surface area contributed by atoms with Gasteiger partial charge in [0.05, 0.1) is 0 Å². The highest BCUT2D eigenvalue weighted by Gasteiger charge is 2.27. The Balaban J connectivity index is 2.07. The Morgan fingerprint density at radius 2 is 1.75 bits per heavy atom. The molecule has 2 rings (SSSR count). The highest BCUT2D eigenvalue weighted by atomic mass is 33.1. The van der Waals surface area contributed by atoms with E-state index >= 15 is 0 Å². The first kappa shape index (κ1) is 19.2. The molecule has 0 fully saturated rings. The van der Waals surface area contributed by atoms with Crippen molar-refractivity contribution in [3.63, 3.8) is 0 Å². The number of anilines is 1. The summed E-state index contributed by atoms with van der Waals surface area (Å²) in [6, 6.07) is 8.36. The molecule has 0 atom stereocenters. The van der Waals surface area contributed by atoms with Gasteiger partial charge in [-0.3, -0.25) is 4.57 Å². The van der Waals surface area contributed by atoms with Crippen LogP contribution in [0.25, 0.3) is 5.69 Å². The number of benzene rings is 1. The van der Waals surface area contributed by atoms with E-state index in [2.05, 4.69) is 81.3 Å². The largest absolute Gasteiger partial charge is 0.385 e. The van der Waals surface area contributed by atoms with Crippen LogP contribution in [0.5, 0.6) is 0 Å². The minimum absolute atomic E-state index is 0.175. The molecule has 4 nitrogen and oxygen atoms in total. The SMILES string of the molecule is CCNc1ccc(-n2cnnc2SSC(C)(C)CC(C)(C)C)cc1. The average molecular weight is 365 g/mol. The van der Waals surface area contributed by atoms with Crippen molar-refractivity contribution in [2.75, 3.05) is 11.9 Å². The number of rotatable bonds is 7. The van der Waals surface area contributed by atoms with Gasteiger partial charge in [0.25, 0.3) is 0 Å². The molecule has 0 spiro atoms. The van der Waals surface area contributed by atoms with E-state index in [0.29, 0.717) is 5.41 Å². The fraction of sp³-hybridized carbons (Fsp3) is 0.556. The Labute approximate surface area is 153 Å². The number of nitrogens with zero attached hydrogens (tertiary/aromatic N) is 3. The second-order valence-corrected chi connectivity index (χ2v) is 10.5. The van der Waals surface area contributed by atoms with Crippen LogP contribution in [0.1, 0.15) is 48.0 Å². The third kappa shape index (κ3) is 5.74. The van der Waals surface area contributed by atoms with Crippen molar-refractivity contribution >= 4 is 27.3 Å². The quantitative estimate of drug-likeness (QED) is 0.643. The van der Waals surface area contributed by atoms with E-state index < -0.39 is 0 Å². The monoisotopic (exact) mass is 364 g/mol. The van der Waals surface area contributed by atoms with Gasteiger partial charge in [0.15, 0.2) is 0 Å². The van der Waals surface area contributed by atoms with Crippen LogP contribution in [0.2, 0.25) is 0 Å². The first-order chi connectivity index (χ1) is 11.2. The van der Waals surface area contributed by atoms with Gasteiger partial charge in [-0.15, -0.1) is 10.2 Å². The molecular weight excluding hydrogens is 336 g/mol. The highest BCUT2D eigenvalue weighted by Crippen LogP contribution is 2.45. The molecule has 0 aliphatic carbocycles. The van der Waals surface area contributed by atoms with Crippen molar-refractivity contribution in [1.82, 2.24) is 14.8 Å². The lowest BCUT2D eigenvalue weighted by molar-refractivity contribution is 0.340.